The molecule has 2 heterocycles. The predicted molar refractivity (Wildman–Crippen MR) is 150 cm³/mol. The van der Waals surface area contributed by atoms with E-state index in [1.165, 1.54) is 0 Å². The number of amides is 2. The number of carbonyl (C=O) groups excluding carboxylic acids is 2. The highest BCUT2D eigenvalue weighted by atomic mass is 32.2. The Morgan fingerprint density at radius 3 is 2.49 bits per heavy atom. The van der Waals surface area contributed by atoms with Crippen LogP contribution in [0.5, 0.6) is 5.75 Å². The summed E-state index contributed by atoms with van der Waals surface area (Å²) in [6.45, 7) is 12.2. The van der Waals surface area contributed by atoms with Gasteiger partial charge >= 0.3 is 0 Å². The molecule has 0 saturated heterocycles. The molecule has 2 aromatic carbocycles. The molecular formula is C29H36N4O3S. The fourth-order valence-electron chi connectivity index (χ4n) is 4.58. The molecule has 0 aliphatic carbocycles. The third-order valence-electron chi connectivity index (χ3n) is 6.21. The van der Waals surface area contributed by atoms with Gasteiger partial charge in [0, 0.05) is 17.0 Å². The number of benzene rings is 2. The van der Waals surface area contributed by atoms with Crippen LogP contribution in [-0.2, 0) is 15.0 Å². The van der Waals surface area contributed by atoms with E-state index in [2.05, 4.69) is 57.3 Å². The molecule has 1 atom stereocenters. The van der Waals surface area contributed by atoms with Crippen molar-refractivity contribution in [1.29, 1.82) is 0 Å². The minimum atomic E-state index is -0.302. The Balaban J connectivity index is 2.00. The summed E-state index contributed by atoms with van der Waals surface area (Å²) in [5, 5.41) is 7.94. The van der Waals surface area contributed by atoms with Crippen molar-refractivity contribution < 1.29 is 14.3 Å². The lowest BCUT2D eigenvalue weighted by atomic mass is 9.87. The normalized spacial score (nSPS) is 15.9. The maximum Gasteiger partial charge on any atom is 0.240 e. The molecule has 2 amide bonds. The van der Waals surface area contributed by atoms with Gasteiger partial charge in [0.1, 0.15) is 18.1 Å². The van der Waals surface area contributed by atoms with Crippen molar-refractivity contribution in [3.05, 3.63) is 70.9 Å². The van der Waals surface area contributed by atoms with E-state index in [4.69, 9.17) is 9.84 Å². The predicted octanol–water partition coefficient (Wildman–Crippen LogP) is 5.18. The van der Waals surface area contributed by atoms with Crippen molar-refractivity contribution in [2.75, 3.05) is 24.3 Å². The first-order valence-electron chi connectivity index (χ1n) is 12.5. The SMILES string of the molecule is COc1ccc(-n2nc(C(C)(C)C)c3c2N(CC(=O)NC(C)C)C(=O)CSC3c2cccc(C)c2)cc1. The zero-order chi connectivity index (χ0) is 26.9. The molecule has 196 valence electrons. The fourth-order valence-corrected chi connectivity index (χ4v) is 5.77. The summed E-state index contributed by atoms with van der Waals surface area (Å²) >= 11 is 1.59. The Labute approximate surface area is 223 Å². The number of hydrogen-bond acceptors (Lipinski definition) is 5. The average molecular weight is 521 g/mol. The van der Waals surface area contributed by atoms with E-state index in [-0.39, 0.29) is 40.8 Å². The highest BCUT2D eigenvalue weighted by Gasteiger charge is 2.40. The zero-order valence-corrected chi connectivity index (χ0v) is 23.5. The van der Waals surface area contributed by atoms with E-state index in [1.54, 1.807) is 23.8 Å². The van der Waals surface area contributed by atoms with E-state index < -0.39 is 0 Å². The van der Waals surface area contributed by atoms with Gasteiger partial charge in [0.05, 0.1) is 29.5 Å². The molecule has 0 spiro atoms. The summed E-state index contributed by atoms with van der Waals surface area (Å²) in [6.07, 6.45) is 0. The third-order valence-corrected chi connectivity index (χ3v) is 7.47. The van der Waals surface area contributed by atoms with Crippen LogP contribution in [0.25, 0.3) is 5.69 Å². The van der Waals surface area contributed by atoms with Gasteiger partial charge in [-0.1, -0.05) is 50.6 Å². The van der Waals surface area contributed by atoms with Gasteiger partial charge in [0.15, 0.2) is 0 Å². The van der Waals surface area contributed by atoms with Crippen molar-refractivity contribution >= 4 is 29.4 Å². The number of thioether (sulfide) groups is 1. The number of carbonyl (C=O) groups is 2. The van der Waals surface area contributed by atoms with Crippen molar-refractivity contribution in [2.45, 2.75) is 58.2 Å². The van der Waals surface area contributed by atoms with Crippen LogP contribution in [-0.4, -0.2) is 47.0 Å². The Kier molecular flexibility index (Phi) is 7.69. The summed E-state index contributed by atoms with van der Waals surface area (Å²) in [5.41, 5.74) is 4.65. The van der Waals surface area contributed by atoms with Crippen LogP contribution >= 0.6 is 11.8 Å². The van der Waals surface area contributed by atoms with Crippen molar-refractivity contribution in [3.63, 3.8) is 0 Å². The number of rotatable bonds is 6. The van der Waals surface area contributed by atoms with Crippen LogP contribution in [0.1, 0.15) is 62.3 Å². The minimum absolute atomic E-state index is 0.0277. The monoisotopic (exact) mass is 520 g/mol. The molecule has 0 saturated carbocycles. The van der Waals surface area contributed by atoms with E-state index in [1.807, 2.05) is 42.8 Å². The number of hydrogen-bond donors (Lipinski definition) is 1. The first kappa shape index (κ1) is 26.8. The first-order chi connectivity index (χ1) is 17.5. The maximum absolute atomic E-state index is 13.6. The Bertz CT molecular complexity index is 1290. The van der Waals surface area contributed by atoms with Gasteiger partial charge in [-0.15, -0.1) is 11.8 Å². The number of ether oxygens (including phenoxy) is 1. The third kappa shape index (κ3) is 5.69. The number of aromatic nitrogens is 2. The van der Waals surface area contributed by atoms with Crippen molar-refractivity contribution in [2.24, 2.45) is 0 Å². The molecule has 1 N–H and O–H groups in total. The second kappa shape index (κ2) is 10.6. The van der Waals surface area contributed by atoms with Crippen LogP contribution in [0.4, 0.5) is 5.82 Å². The lowest BCUT2D eigenvalue weighted by molar-refractivity contribution is -0.123. The Morgan fingerprint density at radius 1 is 1.19 bits per heavy atom. The van der Waals surface area contributed by atoms with Crippen LogP contribution in [0.15, 0.2) is 48.5 Å². The molecule has 7 nitrogen and oxygen atoms in total. The number of methoxy groups -OCH3 is 1. The van der Waals surface area contributed by atoms with Gasteiger partial charge in [-0.05, 0) is 50.6 Å². The van der Waals surface area contributed by atoms with Gasteiger partial charge < -0.3 is 10.1 Å². The highest BCUT2D eigenvalue weighted by molar-refractivity contribution is 8.00. The van der Waals surface area contributed by atoms with Crippen molar-refractivity contribution in [3.8, 4) is 11.4 Å². The number of fused-ring (bicyclic) bond motifs is 1. The van der Waals surface area contributed by atoms with Gasteiger partial charge in [0.25, 0.3) is 0 Å². The summed E-state index contributed by atoms with van der Waals surface area (Å²) in [7, 11) is 1.63. The number of aryl methyl sites for hydroxylation is 1. The molecule has 37 heavy (non-hydrogen) atoms. The quantitative estimate of drug-likeness (QED) is 0.485. The second-order valence-corrected chi connectivity index (χ2v) is 11.8. The first-order valence-corrected chi connectivity index (χ1v) is 13.6. The van der Waals surface area contributed by atoms with Gasteiger partial charge in [-0.2, -0.15) is 5.10 Å². The number of nitrogens with zero attached hydrogens (tertiary/aromatic N) is 3. The van der Waals surface area contributed by atoms with Crippen LogP contribution < -0.4 is 15.0 Å². The van der Waals surface area contributed by atoms with E-state index in [0.717, 1.165) is 33.8 Å². The van der Waals surface area contributed by atoms with Gasteiger partial charge in [-0.25, -0.2) is 4.68 Å². The maximum atomic E-state index is 13.6. The van der Waals surface area contributed by atoms with E-state index >= 15 is 0 Å². The highest BCUT2D eigenvalue weighted by Crippen LogP contribution is 2.48. The summed E-state index contributed by atoms with van der Waals surface area (Å²) in [6, 6.07) is 16.0. The van der Waals surface area contributed by atoms with Crippen LogP contribution in [0.2, 0.25) is 0 Å². The largest absolute Gasteiger partial charge is 0.497 e. The molecule has 4 rings (SSSR count). The van der Waals surface area contributed by atoms with E-state index in [0.29, 0.717) is 5.82 Å². The molecule has 8 heteroatoms. The van der Waals surface area contributed by atoms with Crippen LogP contribution in [0, 0.1) is 6.92 Å². The molecule has 3 aromatic rings. The smallest absolute Gasteiger partial charge is 0.240 e. The molecule has 1 unspecified atom stereocenters. The van der Waals surface area contributed by atoms with Gasteiger partial charge in [0.2, 0.25) is 11.8 Å². The molecule has 1 aliphatic rings. The molecular weight excluding hydrogens is 484 g/mol. The topological polar surface area (TPSA) is 76.5 Å². The number of anilines is 1. The minimum Gasteiger partial charge on any atom is -0.497 e. The standard InChI is InChI=1S/C29H36N4O3S/c1-18(2)30-23(34)16-32-24(35)17-37-26(20-10-8-9-19(3)15-20)25-27(29(4,5)6)31-33(28(25)32)21-11-13-22(36-7)14-12-21/h8-15,18,26H,16-17H2,1-7H3,(H,30,34). The zero-order valence-electron chi connectivity index (χ0n) is 22.7. The number of nitrogens with one attached hydrogen (secondary N) is 1. The lowest BCUT2D eigenvalue weighted by Crippen LogP contribution is -2.44. The van der Waals surface area contributed by atoms with Crippen LogP contribution in [0.3, 0.4) is 0 Å². The lowest BCUT2D eigenvalue weighted by Gasteiger charge is -2.25. The summed E-state index contributed by atoms with van der Waals surface area (Å²) < 4.78 is 7.18. The molecule has 1 aliphatic heterocycles. The molecule has 0 bridgehead atoms. The summed E-state index contributed by atoms with van der Waals surface area (Å²) in [4.78, 5) is 28.2. The molecule has 1 aromatic heterocycles. The van der Waals surface area contributed by atoms with E-state index in [9.17, 15) is 9.59 Å². The average Bonchev–Trinajstić information content (AvgIpc) is 3.17. The van der Waals surface area contributed by atoms with Crippen molar-refractivity contribution in [1.82, 2.24) is 15.1 Å². The fraction of sp³-hybridized carbons (Fsp3) is 0.414. The second-order valence-electron chi connectivity index (χ2n) is 10.8. The molecule has 0 radical (unpaired) electrons. The Morgan fingerprint density at radius 2 is 1.89 bits per heavy atom. The van der Waals surface area contributed by atoms with Gasteiger partial charge in [-0.3, -0.25) is 14.5 Å². The molecule has 0 fully saturated rings. The Hall–Kier alpha value is -3.26. The summed E-state index contributed by atoms with van der Waals surface area (Å²) in [5.74, 6) is 1.32.